The Morgan fingerprint density at radius 2 is 1.92 bits per heavy atom. The zero-order chi connectivity index (χ0) is 17.6. The normalized spacial score (nSPS) is 24.8. The third kappa shape index (κ3) is 2.81. The summed E-state index contributed by atoms with van der Waals surface area (Å²) in [6, 6.07) is 12.7. The second kappa shape index (κ2) is 6.19. The van der Waals surface area contributed by atoms with Crippen molar-refractivity contribution in [1.29, 1.82) is 0 Å². The van der Waals surface area contributed by atoms with Gasteiger partial charge in [0.2, 0.25) is 0 Å². The highest BCUT2D eigenvalue weighted by Gasteiger charge is 2.39. The van der Waals surface area contributed by atoms with Gasteiger partial charge >= 0.3 is 5.97 Å². The quantitative estimate of drug-likeness (QED) is 0.769. The van der Waals surface area contributed by atoms with Gasteiger partial charge in [-0.25, -0.2) is 4.79 Å². The summed E-state index contributed by atoms with van der Waals surface area (Å²) in [6.07, 6.45) is 2.34. The number of hydrogen-bond acceptors (Lipinski definition) is 3. The lowest BCUT2D eigenvalue weighted by atomic mass is 9.74. The molecule has 0 aromatic heterocycles. The van der Waals surface area contributed by atoms with Crippen molar-refractivity contribution in [2.75, 3.05) is 11.9 Å². The molecule has 0 radical (unpaired) electrons. The zero-order valence-electron chi connectivity index (χ0n) is 14.7. The molecule has 0 unspecified atom stereocenters. The fourth-order valence-corrected chi connectivity index (χ4v) is 4.42. The fourth-order valence-electron chi connectivity index (χ4n) is 4.42. The molecule has 2 heterocycles. The Kier molecular flexibility index (Phi) is 4.00. The smallest absolute Gasteiger partial charge is 0.335 e. The van der Waals surface area contributed by atoms with Crippen LogP contribution >= 0.6 is 0 Å². The lowest BCUT2D eigenvalue weighted by molar-refractivity contribution is 0.0696. The summed E-state index contributed by atoms with van der Waals surface area (Å²) in [4.78, 5) is 11.2. The Bertz CT molecular complexity index is 831. The lowest BCUT2D eigenvalue weighted by Gasteiger charge is -2.44. The maximum Gasteiger partial charge on any atom is 0.335 e. The molecule has 4 rings (SSSR count). The van der Waals surface area contributed by atoms with E-state index in [1.54, 1.807) is 12.1 Å². The molecule has 4 nitrogen and oxygen atoms in total. The van der Waals surface area contributed by atoms with Crippen molar-refractivity contribution >= 4 is 11.7 Å². The number of carboxylic acid groups (broad SMARTS) is 1. The number of aryl methyl sites for hydroxylation is 2. The second-order valence-corrected chi connectivity index (χ2v) is 7.33. The molecule has 2 aliphatic heterocycles. The van der Waals surface area contributed by atoms with Crippen LogP contribution < -0.4 is 10.6 Å². The minimum atomic E-state index is -0.871. The van der Waals surface area contributed by atoms with Gasteiger partial charge in [0.25, 0.3) is 0 Å². The lowest BCUT2D eigenvalue weighted by Crippen LogP contribution is -2.42. The van der Waals surface area contributed by atoms with Crippen LogP contribution in [0.25, 0.3) is 0 Å². The summed E-state index contributed by atoms with van der Waals surface area (Å²) in [5.74, 6) is -0.401. The van der Waals surface area contributed by atoms with Crippen molar-refractivity contribution in [3.05, 3.63) is 64.2 Å². The molecule has 130 valence electrons. The standard InChI is InChI=1S/C21H24N2O2/c1-12-5-8-18-17(10-12)19-16(4-3-9-22-19)20(23-18)15-7-6-14(21(24)25)11-13(15)2/h5-8,10-11,16,19-20,22-23H,3-4,9H2,1-2H3,(H,24,25)/t16-,19+,20+/m0/s1. The minimum absolute atomic E-state index is 0.204. The van der Waals surface area contributed by atoms with E-state index in [4.69, 9.17) is 0 Å². The van der Waals surface area contributed by atoms with Crippen LogP contribution in [0, 0.1) is 19.8 Å². The van der Waals surface area contributed by atoms with Crippen LogP contribution in [-0.2, 0) is 0 Å². The first-order valence-corrected chi connectivity index (χ1v) is 8.99. The van der Waals surface area contributed by atoms with E-state index < -0.39 is 5.97 Å². The molecule has 1 saturated heterocycles. The molecule has 25 heavy (non-hydrogen) atoms. The van der Waals surface area contributed by atoms with Crippen LogP contribution in [0.2, 0.25) is 0 Å². The monoisotopic (exact) mass is 336 g/mol. The number of piperidine rings is 1. The van der Waals surface area contributed by atoms with Crippen molar-refractivity contribution in [2.45, 2.75) is 38.8 Å². The summed E-state index contributed by atoms with van der Waals surface area (Å²) >= 11 is 0. The Balaban J connectivity index is 1.77. The van der Waals surface area contributed by atoms with Gasteiger partial charge in [0, 0.05) is 17.6 Å². The highest BCUT2D eigenvalue weighted by Crippen LogP contribution is 2.47. The first kappa shape index (κ1) is 16.2. The molecule has 0 spiro atoms. The van der Waals surface area contributed by atoms with Gasteiger partial charge < -0.3 is 15.7 Å². The molecular weight excluding hydrogens is 312 g/mol. The van der Waals surface area contributed by atoms with Crippen molar-refractivity contribution in [2.24, 2.45) is 5.92 Å². The zero-order valence-corrected chi connectivity index (χ0v) is 14.7. The van der Waals surface area contributed by atoms with Gasteiger partial charge in [-0.15, -0.1) is 0 Å². The van der Waals surface area contributed by atoms with Crippen molar-refractivity contribution in [3.63, 3.8) is 0 Å². The first-order chi connectivity index (χ1) is 12.0. The number of carboxylic acids is 1. The maximum absolute atomic E-state index is 11.2. The van der Waals surface area contributed by atoms with Crippen LogP contribution in [0.1, 0.15) is 57.5 Å². The summed E-state index contributed by atoms with van der Waals surface area (Å²) in [6.45, 7) is 5.20. The van der Waals surface area contributed by atoms with Crippen molar-refractivity contribution < 1.29 is 9.90 Å². The van der Waals surface area contributed by atoms with Gasteiger partial charge in [0.15, 0.2) is 0 Å². The molecule has 0 saturated carbocycles. The Labute approximate surface area is 148 Å². The van der Waals surface area contributed by atoms with E-state index in [1.165, 1.54) is 35.2 Å². The molecule has 4 heteroatoms. The van der Waals surface area contributed by atoms with E-state index in [9.17, 15) is 9.90 Å². The average Bonchev–Trinajstić information content (AvgIpc) is 2.61. The average molecular weight is 336 g/mol. The number of hydrogen-bond donors (Lipinski definition) is 3. The fraction of sp³-hybridized carbons (Fsp3) is 0.381. The maximum atomic E-state index is 11.2. The van der Waals surface area contributed by atoms with E-state index in [0.717, 1.165) is 12.1 Å². The Morgan fingerprint density at radius 3 is 2.68 bits per heavy atom. The van der Waals surface area contributed by atoms with Gasteiger partial charge in [-0.1, -0.05) is 23.8 Å². The van der Waals surface area contributed by atoms with Gasteiger partial charge in [-0.2, -0.15) is 0 Å². The van der Waals surface area contributed by atoms with Crippen molar-refractivity contribution in [1.82, 2.24) is 5.32 Å². The molecule has 1 fully saturated rings. The van der Waals surface area contributed by atoms with E-state index >= 15 is 0 Å². The number of fused-ring (bicyclic) bond motifs is 3. The Hall–Kier alpha value is -2.33. The summed E-state index contributed by atoms with van der Waals surface area (Å²) in [5.41, 5.74) is 6.43. The van der Waals surface area contributed by atoms with Crippen LogP contribution in [0.4, 0.5) is 5.69 Å². The van der Waals surface area contributed by atoms with Gasteiger partial charge in [0.05, 0.1) is 11.6 Å². The van der Waals surface area contributed by atoms with Crippen LogP contribution in [0.5, 0.6) is 0 Å². The third-order valence-electron chi connectivity index (χ3n) is 5.64. The van der Waals surface area contributed by atoms with Gasteiger partial charge in [-0.3, -0.25) is 0 Å². The summed E-state index contributed by atoms with van der Waals surface area (Å²) in [7, 11) is 0. The van der Waals surface area contributed by atoms with Gasteiger partial charge in [-0.05, 0) is 68.1 Å². The van der Waals surface area contributed by atoms with E-state index in [-0.39, 0.29) is 6.04 Å². The molecule has 3 N–H and O–H groups in total. The molecule has 2 aromatic rings. The molecule has 0 amide bonds. The molecule has 3 atom stereocenters. The predicted octanol–water partition coefficient (Wildman–Crippen LogP) is 4.21. The number of rotatable bonds is 2. The highest BCUT2D eigenvalue weighted by molar-refractivity contribution is 5.88. The van der Waals surface area contributed by atoms with Crippen LogP contribution in [0.15, 0.2) is 36.4 Å². The Morgan fingerprint density at radius 1 is 1.08 bits per heavy atom. The first-order valence-electron chi connectivity index (χ1n) is 8.99. The number of nitrogens with one attached hydrogen (secondary N) is 2. The highest BCUT2D eigenvalue weighted by atomic mass is 16.4. The van der Waals surface area contributed by atoms with Crippen molar-refractivity contribution in [3.8, 4) is 0 Å². The second-order valence-electron chi connectivity index (χ2n) is 7.33. The van der Waals surface area contributed by atoms with E-state index in [2.05, 4.69) is 35.8 Å². The molecule has 0 bridgehead atoms. The number of anilines is 1. The van der Waals surface area contributed by atoms with Crippen LogP contribution in [0.3, 0.4) is 0 Å². The van der Waals surface area contributed by atoms with E-state index in [0.29, 0.717) is 17.5 Å². The number of carbonyl (C=O) groups is 1. The van der Waals surface area contributed by atoms with Gasteiger partial charge in [0.1, 0.15) is 0 Å². The summed E-state index contributed by atoms with van der Waals surface area (Å²) in [5, 5.41) is 16.7. The topological polar surface area (TPSA) is 61.4 Å². The number of aromatic carboxylic acids is 1. The molecule has 2 aliphatic rings. The largest absolute Gasteiger partial charge is 0.478 e. The number of benzene rings is 2. The third-order valence-corrected chi connectivity index (χ3v) is 5.64. The van der Waals surface area contributed by atoms with E-state index in [1.807, 2.05) is 13.0 Å². The summed E-state index contributed by atoms with van der Waals surface area (Å²) < 4.78 is 0. The van der Waals surface area contributed by atoms with Crippen LogP contribution in [-0.4, -0.2) is 17.6 Å². The minimum Gasteiger partial charge on any atom is -0.478 e. The molecule has 0 aliphatic carbocycles. The SMILES string of the molecule is Cc1ccc2c(c1)[C@@H]1NCCC[C@@H]1[C@@H](c1ccc(C(=O)O)cc1C)N2. The molecule has 2 aromatic carbocycles. The molecular formula is C21H24N2O2. The predicted molar refractivity (Wildman–Crippen MR) is 99.1 cm³/mol.